The molecular formula is C29H25NO2. The van der Waals surface area contributed by atoms with Crippen molar-refractivity contribution in [2.45, 2.75) is 25.5 Å². The minimum atomic E-state index is -0.510. The van der Waals surface area contributed by atoms with E-state index < -0.39 is 6.10 Å². The average Bonchev–Trinajstić information content (AvgIpc) is 3.37. The smallest absolute Gasteiger partial charge is 0.330 e. The second-order valence-electron chi connectivity index (χ2n) is 8.01. The summed E-state index contributed by atoms with van der Waals surface area (Å²) in [4.78, 5) is 13.5. The molecule has 1 atom stereocenters. The zero-order valence-electron chi connectivity index (χ0n) is 18.0. The second-order valence-corrected chi connectivity index (χ2v) is 8.01. The highest BCUT2D eigenvalue weighted by molar-refractivity contribution is 5.90. The molecule has 0 aliphatic heterocycles. The quantitative estimate of drug-likeness (QED) is 0.275. The number of carbonyl (C=O) groups is 1. The van der Waals surface area contributed by atoms with Crippen molar-refractivity contribution >= 4 is 27.5 Å². The van der Waals surface area contributed by atoms with E-state index in [2.05, 4.69) is 48.5 Å². The molecule has 0 saturated heterocycles. The van der Waals surface area contributed by atoms with Gasteiger partial charge in [0.05, 0.1) is 0 Å². The highest BCUT2D eigenvalue weighted by atomic mass is 16.5. The van der Waals surface area contributed by atoms with E-state index in [1.54, 1.807) is 0 Å². The van der Waals surface area contributed by atoms with Crippen LogP contribution in [0.4, 0.5) is 0 Å². The number of fused-ring (bicyclic) bond motifs is 2. The summed E-state index contributed by atoms with van der Waals surface area (Å²) in [6.07, 6.45) is 3.98. The van der Waals surface area contributed by atoms with Crippen molar-refractivity contribution in [1.29, 1.82) is 0 Å². The van der Waals surface area contributed by atoms with Crippen molar-refractivity contribution in [3.63, 3.8) is 0 Å². The van der Waals surface area contributed by atoms with Crippen LogP contribution < -0.4 is 0 Å². The van der Waals surface area contributed by atoms with E-state index in [0.29, 0.717) is 6.42 Å². The Bertz CT molecular complexity index is 1280. The van der Waals surface area contributed by atoms with E-state index in [1.165, 1.54) is 0 Å². The van der Waals surface area contributed by atoms with Gasteiger partial charge in [-0.2, -0.15) is 0 Å². The van der Waals surface area contributed by atoms with Crippen LogP contribution in [0.1, 0.15) is 36.6 Å². The van der Waals surface area contributed by atoms with Crippen molar-refractivity contribution in [3.8, 4) is 0 Å². The molecule has 0 amide bonds. The number of hydrogen-bond acceptors (Lipinski definition) is 2. The minimum Gasteiger partial charge on any atom is -0.451 e. The molecule has 5 aromatic rings. The number of rotatable bonds is 6. The van der Waals surface area contributed by atoms with Crippen molar-refractivity contribution < 1.29 is 9.53 Å². The van der Waals surface area contributed by atoms with Crippen molar-refractivity contribution in [2.24, 2.45) is 0 Å². The molecule has 0 unspecified atom stereocenters. The third kappa shape index (κ3) is 3.67. The average molecular weight is 420 g/mol. The Balaban J connectivity index is 1.66. The van der Waals surface area contributed by atoms with Crippen LogP contribution >= 0.6 is 0 Å². The molecule has 3 nitrogen and oxygen atoms in total. The molecule has 0 radical (unpaired) electrons. The van der Waals surface area contributed by atoms with Crippen LogP contribution in [0, 0.1) is 0 Å². The fraction of sp³-hybridized carbons (Fsp3) is 0.138. The normalized spacial score (nSPS) is 12.3. The van der Waals surface area contributed by atoms with Crippen LogP contribution in [0.15, 0.2) is 109 Å². The van der Waals surface area contributed by atoms with Gasteiger partial charge in [-0.15, -0.1) is 0 Å². The maximum atomic E-state index is 13.5. The molecule has 0 saturated carbocycles. The first kappa shape index (κ1) is 20.1. The molecule has 158 valence electrons. The van der Waals surface area contributed by atoms with E-state index in [-0.39, 0.29) is 12.0 Å². The van der Waals surface area contributed by atoms with Gasteiger partial charge in [0.1, 0.15) is 6.04 Å². The molecule has 0 aliphatic rings. The predicted molar refractivity (Wildman–Crippen MR) is 130 cm³/mol. The van der Waals surface area contributed by atoms with Gasteiger partial charge in [-0.05, 0) is 40.1 Å². The maximum absolute atomic E-state index is 13.5. The van der Waals surface area contributed by atoms with Gasteiger partial charge in [0, 0.05) is 23.5 Å². The first-order valence-electron chi connectivity index (χ1n) is 11.0. The van der Waals surface area contributed by atoms with Gasteiger partial charge >= 0.3 is 5.97 Å². The first-order chi connectivity index (χ1) is 15.8. The molecule has 0 spiro atoms. The summed E-state index contributed by atoms with van der Waals surface area (Å²) >= 11 is 0. The van der Waals surface area contributed by atoms with Gasteiger partial charge in [0.15, 0.2) is 6.10 Å². The summed E-state index contributed by atoms with van der Waals surface area (Å²) in [5.74, 6) is -0.227. The Labute approximate surface area is 187 Å². The number of carbonyl (C=O) groups excluding carboxylic acids is 1. The second kappa shape index (κ2) is 8.72. The van der Waals surface area contributed by atoms with Crippen molar-refractivity contribution in [1.82, 2.24) is 4.57 Å². The Morgan fingerprint density at radius 3 is 1.75 bits per heavy atom. The van der Waals surface area contributed by atoms with Crippen molar-refractivity contribution in [3.05, 3.63) is 121 Å². The van der Waals surface area contributed by atoms with Crippen LogP contribution in [0.3, 0.4) is 0 Å². The van der Waals surface area contributed by atoms with Crippen LogP contribution in [-0.4, -0.2) is 10.5 Å². The Morgan fingerprint density at radius 1 is 0.719 bits per heavy atom. The Hall–Kier alpha value is -3.85. The number of nitrogens with zero attached hydrogens (tertiary/aromatic N) is 1. The zero-order chi connectivity index (χ0) is 21.9. The standard InChI is InChI=1S/C29H25NO2/c1-2-27(30-19-7-8-20-30)29(31)32-28(25-17-9-13-21-11-3-5-15-23(21)25)26-18-10-14-22-12-4-6-16-24(22)26/h3-20,27-28H,2H2,1H3/t27-/m0/s1. The third-order valence-electron chi connectivity index (χ3n) is 6.09. The molecule has 4 aromatic carbocycles. The van der Waals surface area contributed by atoms with Gasteiger partial charge in [-0.25, -0.2) is 4.79 Å². The number of aromatic nitrogens is 1. The lowest BCUT2D eigenvalue weighted by Gasteiger charge is -2.25. The van der Waals surface area contributed by atoms with E-state index in [1.807, 2.05) is 72.4 Å². The fourth-order valence-corrected chi connectivity index (χ4v) is 4.50. The van der Waals surface area contributed by atoms with Gasteiger partial charge in [0.2, 0.25) is 0 Å². The molecule has 32 heavy (non-hydrogen) atoms. The zero-order valence-corrected chi connectivity index (χ0v) is 18.0. The number of ether oxygens (including phenoxy) is 1. The predicted octanol–water partition coefficient (Wildman–Crippen LogP) is 7.08. The summed E-state index contributed by atoms with van der Waals surface area (Å²) in [5, 5.41) is 4.44. The number of benzene rings is 4. The van der Waals surface area contributed by atoms with Gasteiger partial charge in [-0.3, -0.25) is 0 Å². The van der Waals surface area contributed by atoms with E-state index in [0.717, 1.165) is 32.7 Å². The molecule has 1 aromatic heterocycles. The van der Waals surface area contributed by atoms with E-state index in [4.69, 9.17) is 4.74 Å². The lowest BCUT2D eigenvalue weighted by atomic mass is 9.92. The largest absolute Gasteiger partial charge is 0.451 e. The van der Waals surface area contributed by atoms with Gasteiger partial charge < -0.3 is 9.30 Å². The molecular weight excluding hydrogens is 394 g/mol. The summed E-state index contributed by atoms with van der Waals surface area (Å²) in [6.45, 7) is 2.01. The summed E-state index contributed by atoms with van der Waals surface area (Å²) < 4.78 is 8.28. The first-order valence-corrected chi connectivity index (χ1v) is 11.0. The Kier molecular flexibility index (Phi) is 5.47. The highest BCUT2D eigenvalue weighted by Gasteiger charge is 2.27. The van der Waals surface area contributed by atoms with Crippen LogP contribution in [-0.2, 0) is 9.53 Å². The topological polar surface area (TPSA) is 31.2 Å². The molecule has 5 rings (SSSR count). The molecule has 0 bridgehead atoms. The third-order valence-corrected chi connectivity index (χ3v) is 6.09. The van der Waals surface area contributed by atoms with E-state index >= 15 is 0 Å². The summed E-state index contributed by atoms with van der Waals surface area (Å²) in [5.41, 5.74) is 1.99. The molecule has 1 heterocycles. The molecule has 3 heteroatoms. The minimum absolute atomic E-state index is 0.227. The SMILES string of the molecule is CC[C@@H](C(=O)OC(c1cccc2ccccc12)c1cccc2ccccc12)n1cccc1. The van der Waals surface area contributed by atoms with Gasteiger partial charge in [-0.1, -0.05) is 91.9 Å². The monoisotopic (exact) mass is 419 g/mol. The van der Waals surface area contributed by atoms with Crippen LogP contribution in [0.2, 0.25) is 0 Å². The lowest BCUT2D eigenvalue weighted by Crippen LogP contribution is -2.23. The van der Waals surface area contributed by atoms with Crippen LogP contribution in [0.5, 0.6) is 0 Å². The Morgan fingerprint density at radius 2 is 1.22 bits per heavy atom. The van der Waals surface area contributed by atoms with Gasteiger partial charge in [0.25, 0.3) is 0 Å². The number of esters is 1. The molecule has 0 fully saturated rings. The van der Waals surface area contributed by atoms with E-state index in [9.17, 15) is 4.79 Å². The maximum Gasteiger partial charge on any atom is 0.330 e. The molecule has 0 N–H and O–H groups in total. The number of hydrogen-bond donors (Lipinski definition) is 0. The molecule has 0 aliphatic carbocycles. The van der Waals surface area contributed by atoms with Crippen LogP contribution in [0.25, 0.3) is 21.5 Å². The summed E-state index contributed by atoms with van der Waals surface area (Å²) in [6, 6.07) is 32.4. The fourth-order valence-electron chi connectivity index (χ4n) is 4.50. The highest BCUT2D eigenvalue weighted by Crippen LogP contribution is 2.36. The lowest BCUT2D eigenvalue weighted by molar-refractivity contribution is -0.151. The van der Waals surface area contributed by atoms with Crippen molar-refractivity contribution in [2.75, 3.05) is 0 Å². The summed E-state index contributed by atoms with van der Waals surface area (Å²) in [7, 11) is 0.